The Morgan fingerprint density at radius 3 is 2.74 bits per heavy atom. The number of benzene rings is 1. The van der Waals surface area contributed by atoms with E-state index in [1.165, 1.54) is 0 Å². The Balaban J connectivity index is 1.31. The van der Waals surface area contributed by atoms with Crippen molar-refractivity contribution in [3.63, 3.8) is 0 Å². The summed E-state index contributed by atoms with van der Waals surface area (Å²) in [5.41, 5.74) is 6.91. The Hall–Kier alpha value is -4.92. The maximum absolute atomic E-state index is 12.2. The second kappa shape index (κ2) is 9.85. The number of rotatable bonds is 6. The van der Waals surface area contributed by atoms with Gasteiger partial charge in [0.2, 0.25) is 5.91 Å². The van der Waals surface area contributed by atoms with Crippen LogP contribution in [0.4, 0.5) is 11.5 Å². The van der Waals surface area contributed by atoms with Crippen LogP contribution in [-0.2, 0) is 11.2 Å². The topological polar surface area (TPSA) is 125 Å². The molecule has 1 aliphatic rings. The van der Waals surface area contributed by atoms with Crippen LogP contribution in [0.5, 0.6) is 0 Å². The van der Waals surface area contributed by atoms with Gasteiger partial charge in [0.05, 0.1) is 23.0 Å². The molecule has 1 aliphatic heterocycles. The van der Waals surface area contributed by atoms with Gasteiger partial charge in [0.25, 0.3) is 0 Å². The summed E-state index contributed by atoms with van der Waals surface area (Å²) < 4.78 is 0. The number of nitrogens with one attached hydrogen (secondary N) is 3. The van der Waals surface area contributed by atoms with Crippen molar-refractivity contribution in [3.8, 4) is 22.6 Å². The van der Waals surface area contributed by atoms with Crippen molar-refractivity contribution < 1.29 is 4.79 Å². The first kappa shape index (κ1) is 23.5. The molecule has 1 aromatic carbocycles. The minimum atomic E-state index is -0.0323. The summed E-state index contributed by atoms with van der Waals surface area (Å²) in [6.45, 7) is 4.03. The lowest BCUT2D eigenvalue weighted by atomic mass is 10.0. The van der Waals surface area contributed by atoms with E-state index in [1.54, 1.807) is 24.8 Å². The number of allylic oxidation sites excluding steroid dienone is 2. The largest absolute Gasteiger partial charge is 0.338 e. The van der Waals surface area contributed by atoms with Gasteiger partial charge < -0.3 is 10.3 Å². The first-order valence-electron chi connectivity index (χ1n) is 12.5. The zero-order valence-electron chi connectivity index (χ0n) is 21.1. The maximum Gasteiger partial charge on any atom is 0.224 e. The third-order valence-corrected chi connectivity index (χ3v) is 6.34. The van der Waals surface area contributed by atoms with E-state index in [2.05, 4.69) is 47.6 Å². The average molecular weight is 503 g/mol. The first-order chi connectivity index (χ1) is 18.5. The highest BCUT2D eigenvalue weighted by Crippen LogP contribution is 2.33. The highest BCUT2D eigenvalue weighted by atomic mass is 16.1. The van der Waals surface area contributed by atoms with Crippen molar-refractivity contribution in [3.05, 3.63) is 78.4 Å². The lowest BCUT2D eigenvalue weighted by Gasteiger charge is -2.08. The quantitative estimate of drug-likeness (QED) is 0.273. The maximum atomic E-state index is 12.2. The van der Waals surface area contributed by atoms with E-state index in [-0.39, 0.29) is 11.8 Å². The average Bonchev–Trinajstić information content (AvgIpc) is 3.46. The van der Waals surface area contributed by atoms with Gasteiger partial charge in [-0.1, -0.05) is 44.2 Å². The molecule has 9 heteroatoms. The summed E-state index contributed by atoms with van der Waals surface area (Å²) in [7, 11) is 0. The monoisotopic (exact) mass is 502 g/mol. The Labute approximate surface area is 219 Å². The highest BCUT2D eigenvalue weighted by molar-refractivity contribution is 5.94. The summed E-state index contributed by atoms with van der Waals surface area (Å²) in [4.78, 5) is 33.9. The van der Waals surface area contributed by atoms with Gasteiger partial charge in [0.15, 0.2) is 17.3 Å². The molecular weight excluding hydrogens is 476 g/mol. The molecule has 0 aliphatic carbocycles. The molecule has 188 valence electrons. The molecule has 1 amide bonds. The minimum Gasteiger partial charge on any atom is -0.338 e. The van der Waals surface area contributed by atoms with E-state index >= 15 is 0 Å². The van der Waals surface area contributed by atoms with Gasteiger partial charge in [-0.15, -0.1) is 0 Å². The van der Waals surface area contributed by atoms with Gasteiger partial charge in [0.1, 0.15) is 5.69 Å². The number of amides is 1. The molecule has 0 unspecified atom stereocenters. The normalized spacial score (nSPS) is 12.9. The minimum absolute atomic E-state index is 0.0323. The molecular formula is C29H26N8O. The lowest BCUT2D eigenvalue weighted by Crippen LogP contribution is -2.13. The Kier molecular flexibility index (Phi) is 6.09. The number of carbonyl (C=O) groups is 1. The smallest absolute Gasteiger partial charge is 0.224 e. The van der Waals surface area contributed by atoms with Crippen LogP contribution in [0.1, 0.15) is 31.5 Å². The third kappa shape index (κ3) is 4.73. The van der Waals surface area contributed by atoms with Crippen LogP contribution < -0.4 is 5.32 Å². The third-order valence-electron chi connectivity index (χ3n) is 6.34. The molecule has 3 N–H and O–H groups in total. The molecule has 6 rings (SSSR count). The molecule has 0 saturated heterocycles. The van der Waals surface area contributed by atoms with E-state index < -0.39 is 0 Å². The number of hydrogen-bond acceptors (Lipinski definition) is 6. The molecule has 38 heavy (non-hydrogen) atoms. The van der Waals surface area contributed by atoms with E-state index in [1.807, 2.05) is 50.3 Å². The summed E-state index contributed by atoms with van der Waals surface area (Å²) in [6, 6.07) is 14.2. The molecule has 0 radical (unpaired) electrons. The number of nitrogens with zero attached hydrogens (tertiary/aromatic N) is 5. The Morgan fingerprint density at radius 1 is 1.05 bits per heavy atom. The number of aliphatic imine (C=N–C) groups is 1. The SMILES string of the molecule is CC(C)CC(=O)Nc1cncc(-c2cnc3n[nH]c(-c4nc5c([nH]4)CC(c4ccccc4)=CC=N5)c3c2)c1. The number of hydrogen-bond donors (Lipinski definition) is 3. The van der Waals surface area contributed by atoms with E-state index in [0.717, 1.165) is 39.0 Å². The fourth-order valence-corrected chi connectivity index (χ4v) is 4.53. The van der Waals surface area contributed by atoms with Crippen molar-refractivity contribution in [2.24, 2.45) is 10.9 Å². The predicted molar refractivity (Wildman–Crippen MR) is 149 cm³/mol. The van der Waals surface area contributed by atoms with Crippen LogP contribution in [0.3, 0.4) is 0 Å². The molecule has 0 bridgehead atoms. The van der Waals surface area contributed by atoms with Gasteiger partial charge in [-0.05, 0) is 35.3 Å². The summed E-state index contributed by atoms with van der Waals surface area (Å²) >= 11 is 0. The summed E-state index contributed by atoms with van der Waals surface area (Å²) in [6.07, 6.45) is 10.1. The van der Waals surface area contributed by atoms with Gasteiger partial charge in [-0.25, -0.2) is 15.0 Å². The molecule has 0 saturated carbocycles. The molecule has 4 aromatic heterocycles. The fourth-order valence-electron chi connectivity index (χ4n) is 4.53. The molecule has 0 spiro atoms. The number of carbonyl (C=O) groups excluding carboxylic acids is 1. The van der Waals surface area contributed by atoms with Crippen LogP contribution in [0.25, 0.3) is 39.3 Å². The molecule has 0 atom stereocenters. The van der Waals surface area contributed by atoms with Crippen LogP contribution in [-0.4, -0.2) is 42.3 Å². The number of H-pyrrole nitrogens is 2. The second-order valence-electron chi connectivity index (χ2n) is 9.70. The fraction of sp³-hybridized carbons (Fsp3) is 0.172. The van der Waals surface area contributed by atoms with Crippen molar-refractivity contribution in [1.29, 1.82) is 0 Å². The van der Waals surface area contributed by atoms with Crippen LogP contribution in [0.15, 0.2) is 72.1 Å². The van der Waals surface area contributed by atoms with E-state index in [4.69, 9.17) is 4.98 Å². The summed E-state index contributed by atoms with van der Waals surface area (Å²) in [5, 5.41) is 11.2. The number of pyridine rings is 2. The number of anilines is 1. The van der Waals surface area contributed by atoms with Crippen molar-refractivity contribution in [2.75, 3.05) is 5.32 Å². The van der Waals surface area contributed by atoms with Crippen molar-refractivity contribution in [1.82, 2.24) is 30.1 Å². The Bertz CT molecular complexity index is 1690. The zero-order valence-corrected chi connectivity index (χ0v) is 21.1. The van der Waals surface area contributed by atoms with Gasteiger partial charge >= 0.3 is 0 Å². The molecule has 0 fully saturated rings. The van der Waals surface area contributed by atoms with E-state index in [0.29, 0.717) is 35.8 Å². The van der Waals surface area contributed by atoms with Crippen molar-refractivity contribution in [2.45, 2.75) is 26.7 Å². The lowest BCUT2D eigenvalue weighted by molar-refractivity contribution is -0.116. The summed E-state index contributed by atoms with van der Waals surface area (Å²) in [5.74, 6) is 1.55. The first-order valence-corrected chi connectivity index (χ1v) is 12.5. The molecule has 5 aromatic rings. The van der Waals surface area contributed by atoms with Gasteiger partial charge in [0, 0.05) is 42.6 Å². The zero-order chi connectivity index (χ0) is 26.1. The second-order valence-corrected chi connectivity index (χ2v) is 9.70. The van der Waals surface area contributed by atoms with Crippen LogP contribution >= 0.6 is 0 Å². The van der Waals surface area contributed by atoms with E-state index in [9.17, 15) is 4.79 Å². The standard InChI is InChI=1S/C29H26N8O/c1-17(2)10-25(38)33-22-11-20(14-30-16-22)21-12-23-26(36-37-27(23)32-15-21)29-34-24-13-19(8-9-31-28(24)35-29)18-6-4-3-5-7-18/h3-9,11-12,14-17H,10,13H2,1-2H3,(H,33,38)(H,34,35)(H,32,36,37). The molecule has 9 nitrogen and oxygen atoms in total. The number of aromatic nitrogens is 6. The Morgan fingerprint density at radius 2 is 1.89 bits per heavy atom. The predicted octanol–water partition coefficient (Wildman–Crippen LogP) is 5.74. The number of fused-ring (bicyclic) bond motifs is 2. The number of imidazole rings is 1. The van der Waals surface area contributed by atoms with Crippen molar-refractivity contribution >= 4 is 40.2 Å². The van der Waals surface area contributed by atoms with Crippen LogP contribution in [0, 0.1) is 5.92 Å². The highest BCUT2D eigenvalue weighted by Gasteiger charge is 2.19. The number of aromatic amines is 2. The van der Waals surface area contributed by atoms with Crippen LogP contribution in [0.2, 0.25) is 0 Å². The van der Waals surface area contributed by atoms with Gasteiger partial charge in [-0.2, -0.15) is 5.10 Å². The van der Waals surface area contributed by atoms with Gasteiger partial charge in [-0.3, -0.25) is 14.9 Å². The molecule has 5 heterocycles.